The molecule has 0 bridgehead atoms. The van der Waals surface area contributed by atoms with Gasteiger partial charge >= 0.3 is 0 Å². The fraction of sp³-hybridized carbons (Fsp3) is 0.412. The summed E-state index contributed by atoms with van der Waals surface area (Å²) in [6.45, 7) is 3.85. The van der Waals surface area contributed by atoms with Crippen molar-refractivity contribution in [1.29, 1.82) is 0 Å². The quantitative estimate of drug-likeness (QED) is 0.708. The minimum atomic E-state index is -1.08. The highest BCUT2D eigenvalue weighted by atomic mass is 16.3. The molecular weight excluding hydrogens is 280 g/mol. The van der Waals surface area contributed by atoms with Crippen molar-refractivity contribution in [3.63, 3.8) is 0 Å². The van der Waals surface area contributed by atoms with Gasteiger partial charge in [0.25, 0.3) is 5.91 Å². The molecule has 2 amide bonds. The lowest BCUT2D eigenvalue weighted by Crippen LogP contribution is -2.50. The smallest absolute Gasteiger partial charge is 0.251 e. The lowest BCUT2D eigenvalue weighted by atomic mass is 10.0. The molecule has 3 N–H and O–H groups in total. The molecule has 0 aromatic heterocycles. The van der Waals surface area contributed by atoms with Crippen LogP contribution in [-0.2, 0) is 4.79 Å². The lowest BCUT2D eigenvalue weighted by Gasteiger charge is -2.22. The van der Waals surface area contributed by atoms with Crippen LogP contribution < -0.4 is 10.6 Å². The molecule has 0 radical (unpaired) electrons. The predicted molar refractivity (Wildman–Crippen MR) is 83.1 cm³/mol. The Balaban J connectivity index is 2.09. The number of hydrogen-bond donors (Lipinski definition) is 3. The van der Waals surface area contributed by atoms with Crippen molar-refractivity contribution in [1.82, 2.24) is 10.6 Å². The Morgan fingerprint density at radius 1 is 1.45 bits per heavy atom. The Labute approximate surface area is 130 Å². The van der Waals surface area contributed by atoms with Gasteiger partial charge in [-0.1, -0.05) is 17.9 Å². The van der Waals surface area contributed by atoms with Gasteiger partial charge < -0.3 is 15.7 Å². The van der Waals surface area contributed by atoms with Gasteiger partial charge in [0, 0.05) is 17.7 Å². The molecule has 1 atom stereocenters. The van der Waals surface area contributed by atoms with Crippen LogP contribution in [0.3, 0.4) is 0 Å². The molecule has 1 aromatic rings. The molecule has 1 heterocycles. The summed E-state index contributed by atoms with van der Waals surface area (Å²) in [5, 5.41) is 15.1. The highest BCUT2D eigenvalue weighted by Gasteiger charge is 2.23. The summed E-state index contributed by atoms with van der Waals surface area (Å²) in [5.41, 5.74) is 0.00197. The fourth-order valence-electron chi connectivity index (χ4n) is 2.11. The first-order valence-corrected chi connectivity index (χ1v) is 7.29. The van der Waals surface area contributed by atoms with Crippen molar-refractivity contribution < 1.29 is 14.7 Å². The maximum Gasteiger partial charge on any atom is 0.251 e. The van der Waals surface area contributed by atoms with E-state index in [0.717, 1.165) is 6.42 Å². The van der Waals surface area contributed by atoms with Gasteiger partial charge in [0.2, 0.25) is 5.91 Å². The van der Waals surface area contributed by atoms with E-state index >= 15 is 0 Å². The van der Waals surface area contributed by atoms with Crippen LogP contribution in [-0.4, -0.2) is 35.1 Å². The first kappa shape index (κ1) is 16.1. The van der Waals surface area contributed by atoms with Crippen LogP contribution in [0.5, 0.6) is 0 Å². The second-order valence-electron chi connectivity index (χ2n) is 5.85. The van der Waals surface area contributed by atoms with Crippen molar-refractivity contribution >= 4 is 11.8 Å². The highest BCUT2D eigenvalue weighted by Crippen LogP contribution is 2.08. The maximum atomic E-state index is 12.2. The molecule has 116 valence electrons. The van der Waals surface area contributed by atoms with E-state index in [2.05, 4.69) is 22.5 Å². The van der Waals surface area contributed by atoms with Gasteiger partial charge in [0.05, 0.1) is 0 Å². The van der Waals surface area contributed by atoms with Crippen molar-refractivity contribution in [2.24, 2.45) is 0 Å². The average Bonchev–Trinajstić information content (AvgIpc) is 2.47. The summed E-state index contributed by atoms with van der Waals surface area (Å²) in [6, 6.07) is 6.33. The molecular formula is C17H20N2O3. The Morgan fingerprint density at radius 2 is 2.23 bits per heavy atom. The molecule has 0 aliphatic carbocycles. The zero-order valence-electron chi connectivity index (χ0n) is 12.8. The number of rotatable bonds is 2. The molecule has 5 heteroatoms. The van der Waals surface area contributed by atoms with Crippen LogP contribution in [0.4, 0.5) is 0 Å². The van der Waals surface area contributed by atoms with Crippen molar-refractivity contribution in [2.45, 2.75) is 38.3 Å². The highest BCUT2D eigenvalue weighted by molar-refractivity contribution is 5.97. The summed E-state index contributed by atoms with van der Waals surface area (Å²) in [4.78, 5) is 23.9. The molecule has 1 aromatic carbocycles. The monoisotopic (exact) mass is 300 g/mol. The Hall–Kier alpha value is -2.32. The molecule has 1 aliphatic rings. The second-order valence-corrected chi connectivity index (χ2v) is 5.85. The largest absolute Gasteiger partial charge is 0.378 e. The Kier molecular flexibility index (Phi) is 4.84. The first-order valence-electron chi connectivity index (χ1n) is 7.29. The van der Waals surface area contributed by atoms with E-state index in [4.69, 9.17) is 0 Å². The zero-order valence-corrected chi connectivity index (χ0v) is 12.8. The molecule has 1 saturated heterocycles. The SMILES string of the molecule is CC(C)(O)C#Cc1cccc(C(=O)N[C@@H]2CCCNC2=O)c1. The summed E-state index contributed by atoms with van der Waals surface area (Å²) in [5.74, 6) is 5.10. The van der Waals surface area contributed by atoms with Crippen LogP contribution in [0.2, 0.25) is 0 Å². The van der Waals surface area contributed by atoms with Gasteiger partial charge in [-0.2, -0.15) is 0 Å². The summed E-state index contributed by atoms with van der Waals surface area (Å²) >= 11 is 0. The van der Waals surface area contributed by atoms with E-state index in [1.54, 1.807) is 38.1 Å². The maximum absolute atomic E-state index is 12.2. The standard InChI is InChI=1S/C17H20N2O3/c1-17(2,22)9-8-12-5-3-6-13(11-12)15(20)19-14-7-4-10-18-16(14)21/h3,5-6,11,14,22H,4,7,10H2,1-2H3,(H,18,21)(H,19,20)/t14-/m1/s1. The molecule has 1 fully saturated rings. The van der Waals surface area contributed by atoms with Gasteiger partial charge in [-0.15, -0.1) is 0 Å². The van der Waals surface area contributed by atoms with Gasteiger partial charge in [-0.25, -0.2) is 0 Å². The van der Waals surface area contributed by atoms with Gasteiger partial charge in [-0.05, 0) is 44.9 Å². The number of carbonyl (C=O) groups is 2. The predicted octanol–water partition coefficient (Wildman–Crippen LogP) is 0.817. The molecule has 22 heavy (non-hydrogen) atoms. The van der Waals surface area contributed by atoms with Crippen LogP contribution in [0.15, 0.2) is 24.3 Å². The first-order chi connectivity index (χ1) is 10.3. The summed E-state index contributed by atoms with van der Waals surface area (Å²) < 4.78 is 0. The second kappa shape index (κ2) is 6.63. The molecule has 1 aliphatic heterocycles. The lowest BCUT2D eigenvalue weighted by molar-refractivity contribution is -0.124. The molecule has 5 nitrogen and oxygen atoms in total. The number of carbonyl (C=O) groups excluding carboxylic acids is 2. The summed E-state index contributed by atoms with van der Waals surface area (Å²) in [6.07, 6.45) is 1.50. The summed E-state index contributed by atoms with van der Waals surface area (Å²) in [7, 11) is 0. The third-order valence-electron chi connectivity index (χ3n) is 3.23. The number of hydrogen-bond acceptors (Lipinski definition) is 3. The van der Waals surface area contributed by atoms with E-state index in [0.29, 0.717) is 24.1 Å². The van der Waals surface area contributed by atoms with E-state index in [-0.39, 0.29) is 11.8 Å². The van der Waals surface area contributed by atoms with Crippen LogP contribution in [0.1, 0.15) is 42.6 Å². The minimum absolute atomic E-state index is 0.141. The van der Waals surface area contributed by atoms with Gasteiger partial charge in [0.1, 0.15) is 11.6 Å². The fourth-order valence-corrected chi connectivity index (χ4v) is 2.11. The topological polar surface area (TPSA) is 78.4 Å². The van der Waals surface area contributed by atoms with E-state index < -0.39 is 11.6 Å². The number of amides is 2. The Morgan fingerprint density at radius 3 is 2.91 bits per heavy atom. The molecule has 0 saturated carbocycles. The number of aliphatic hydroxyl groups is 1. The number of nitrogens with one attached hydrogen (secondary N) is 2. The third-order valence-corrected chi connectivity index (χ3v) is 3.23. The minimum Gasteiger partial charge on any atom is -0.378 e. The van der Waals surface area contributed by atoms with Gasteiger partial charge in [0.15, 0.2) is 0 Å². The Bertz CT molecular complexity index is 635. The van der Waals surface area contributed by atoms with Crippen LogP contribution in [0.25, 0.3) is 0 Å². The van der Waals surface area contributed by atoms with Gasteiger partial charge in [-0.3, -0.25) is 9.59 Å². The molecule has 0 unspecified atom stereocenters. The van der Waals surface area contributed by atoms with Crippen molar-refractivity contribution in [3.8, 4) is 11.8 Å². The van der Waals surface area contributed by atoms with E-state index in [1.807, 2.05) is 0 Å². The van der Waals surface area contributed by atoms with Crippen molar-refractivity contribution in [3.05, 3.63) is 35.4 Å². The number of benzene rings is 1. The normalized spacial score (nSPS) is 18.0. The van der Waals surface area contributed by atoms with Crippen LogP contribution >= 0.6 is 0 Å². The van der Waals surface area contributed by atoms with E-state index in [1.165, 1.54) is 0 Å². The number of piperidine rings is 1. The van der Waals surface area contributed by atoms with Crippen LogP contribution in [0, 0.1) is 11.8 Å². The third kappa shape index (κ3) is 4.61. The molecule has 0 spiro atoms. The zero-order chi connectivity index (χ0) is 16.2. The van der Waals surface area contributed by atoms with E-state index in [9.17, 15) is 14.7 Å². The van der Waals surface area contributed by atoms with Crippen molar-refractivity contribution in [2.75, 3.05) is 6.54 Å². The molecule has 2 rings (SSSR count). The average molecular weight is 300 g/mol.